The number of hydrogen-bond acceptors (Lipinski definition) is 1. The fourth-order valence-electron chi connectivity index (χ4n) is 1.64. The molecule has 56 valence electrons. The van der Waals surface area contributed by atoms with Crippen LogP contribution in [0.25, 0.3) is 0 Å². The molecule has 1 heteroatoms. The van der Waals surface area contributed by atoms with E-state index in [1.54, 1.807) is 0 Å². The second kappa shape index (κ2) is 2.22. The topological polar surface area (TPSA) is 12.4 Å². The number of nitrogens with zero attached hydrogens (tertiary/aromatic N) is 1. The van der Waals surface area contributed by atoms with Gasteiger partial charge in [-0.25, -0.2) is 0 Å². The van der Waals surface area contributed by atoms with Crippen LogP contribution in [0.1, 0.15) is 34.1 Å². The summed E-state index contributed by atoms with van der Waals surface area (Å²) < 4.78 is 0. The molecule has 0 aromatic heterocycles. The van der Waals surface area contributed by atoms with Crippen molar-refractivity contribution in [1.82, 2.24) is 0 Å². The Morgan fingerprint density at radius 3 is 2.40 bits per heavy atom. The Morgan fingerprint density at radius 1 is 1.40 bits per heavy atom. The summed E-state index contributed by atoms with van der Waals surface area (Å²) in [5.74, 6) is 0. The summed E-state index contributed by atoms with van der Waals surface area (Å²) in [6.45, 7) is 8.57. The first-order valence-electron chi connectivity index (χ1n) is 3.73. The van der Waals surface area contributed by atoms with Crippen LogP contribution in [0.3, 0.4) is 0 Å². The molecule has 0 saturated heterocycles. The quantitative estimate of drug-likeness (QED) is 0.486. The Kier molecular flexibility index (Phi) is 1.67. The molecule has 0 aromatic carbocycles. The van der Waals surface area contributed by atoms with E-state index in [9.17, 15) is 0 Å². The maximum Gasteiger partial charge on any atom is 0.0592 e. The molecule has 1 heterocycles. The van der Waals surface area contributed by atoms with Gasteiger partial charge >= 0.3 is 0 Å². The molecule has 0 unspecified atom stereocenters. The molecule has 1 rings (SSSR count). The molecule has 0 aromatic rings. The van der Waals surface area contributed by atoms with Gasteiger partial charge in [0.05, 0.1) is 5.54 Å². The predicted octanol–water partition coefficient (Wildman–Crippen LogP) is 2.58. The van der Waals surface area contributed by atoms with Gasteiger partial charge in [-0.1, -0.05) is 5.57 Å². The van der Waals surface area contributed by atoms with Crippen molar-refractivity contribution in [2.75, 3.05) is 0 Å². The summed E-state index contributed by atoms with van der Waals surface area (Å²) in [6.07, 6.45) is 3.26. The van der Waals surface area contributed by atoms with Gasteiger partial charge in [0, 0.05) is 5.71 Å². The lowest BCUT2D eigenvalue weighted by Gasteiger charge is -2.24. The predicted molar refractivity (Wildman–Crippen MR) is 45.6 cm³/mol. The zero-order valence-electron chi connectivity index (χ0n) is 7.23. The summed E-state index contributed by atoms with van der Waals surface area (Å²) in [5.41, 5.74) is 2.74. The third kappa shape index (κ3) is 1.69. The number of allylic oxidation sites excluding steroid dienone is 1. The Labute approximate surface area is 62.9 Å². The van der Waals surface area contributed by atoms with E-state index in [1.807, 2.05) is 0 Å². The molecule has 0 atom stereocenters. The summed E-state index contributed by atoms with van der Waals surface area (Å²) in [7, 11) is 0. The van der Waals surface area contributed by atoms with Crippen LogP contribution >= 0.6 is 0 Å². The normalized spacial score (nSPS) is 23.6. The van der Waals surface area contributed by atoms with E-state index in [0.29, 0.717) is 0 Å². The van der Waals surface area contributed by atoms with E-state index in [0.717, 1.165) is 12.1 Å². The van der Waals surface area contributed by atoms with Crippen LogP contribution in [0.15, 0.2) is 16.6 Å². The minimum Gasteiger partial charge on any atom is -0.284 e. The van der Waals surface area contributed by atoms with Crippen LogP contribution in [-0.2, 0) is 0 Å². The fraction of sp³-hybridized carbons (Fsp3) is 0.667. The number of aliphatic imine (C=N–C) groups is 1. The third-order valence-electron chi connectivity index (χ3n) is 1.65. The van der Waals surface area contributed by atoms with Crippen LogP contribution in [0.2, 0.25) is 0 Å². The van der Waals surface area contributed by atoms with Crippen molar-refractivity contribution in [2.24, 2.45) is 4.99 Å². The molecule has 0 radical (unpaired) electrons. The molecule has 1 aliphatic heterocycles. The van der Waals surface area contributed by atoms with Gasteiger partial charge in [0.1, 0.15) is 0 Å². The van der Waals surface area contributed by atoms with Crippen molar-refractivity contribution in [3.8, 4) is 0 Å². The van der Waals surface area contributed by atoms with Crippen LogP contribution in [0.4, 0.5) is 0 Å². The van der Waals surface area contributed by atoms with E-state index in [1.165, 1.54) is 5.57 Å². The van der Waals surface area contributed by atoms with Crippen LogP contribution < -0.4 is 0 Å². The van der Waals surface area contributed by atoms with Gasteiger partial charge in [0.15, 0.2) is 0 Å². The Hall–Kier alpha value is -0.590. The Balaban J connectivity index is 2.88. The van der Waals surface area contributed by atoms with E-state index in [-0.39, 0.29) is 5.54 Å². The highest BCUT2D eigenvalue weighted by Crippen LogP contribution is 2.23. The lowest BCUT2D eigenvalue weighted by atomic mass is 9.93. The lowest BCUT2D eigenvalue weighted by molar-refractivity contribution is 0.512. The molecule has 0 N–H and O–H groups in total. The van der Waals surface area contributed by atoms with E-state index < -0.39 is 0 Å². The van der Waals surface area contributed by atoms with Gasteiger partial charge in [-0.2, -0.15) is 0 Å². The van der Waals surface area contributed by atoms with Crippen LogP contribution in [-0.4, -0.2) is 11.3 Å². The largest absolute Gasteiger partial charge is 0.284 e. The first-order chi connectivity index (χ1) is 4.49. The van der Waals surface area contributed by atoms with E-state index >= 15 is 0 Å². The van der Waals surface area contributed by atoms with Crippen molar-refractivity contribution in [1.29, 1.82) is 0 Å². The highest BCUT2D eigenvalue weighted by atomic mass is 14.8. The summed E-state index contributed by atoms with van der Waals surface area (Å²) in [5, 5.41) is 0. The van der Waals surface area contributed by atoms with Gasteiger partial charge in [0.2, 0.25) is 0 Å². The van der Waals surface area contributed by atoms with Crippen molar-refractivity contribution in [3.63, 3.8) is 0 Å². The van der Waals surface area contributed by atoms with Crippen molar-refractivity contribution in [2.45, 2.75) is 39.7 Å². The SMILES string of the molecule is CC1=CC(C)=NC(C)(C)C1. The van der Waals surface area contributed by atoms with Crippen molar-refractivity contribution in [3.05, 3.63) is 11.6 Å². The highest BCUT2D eigenvalue weighted by molar-refractivity contribution is 5.94. The second-order valence-corrected chi connectivity index (χ2v) is 3.73. The number of dihydropyridines is 1. The van der Waals surface area contributed by atoms with Gasteiger partial charge in [-0.05, 0) is 40.2 Å². The molecular formula is C9H15N. The van der Waals surface area contributed by atoms with Crippen molar-refractivity contribution < 1.29 is 0 Å². The molecule has 0 fully saturated rings. The standard InChI is InChI=1S/C9H15N/c1-7-5-8(2)10-9(3,4)6-7/h5H,6H2,1-4H3. The fourth-order valence-corrected chi connectivity index (χ4v) is 1.64. The first-order valence-corrected chi connectivity index (χ1v) is 3.73. The zero-order valence-corrected chi connectivity index (χ0v) is 7.23. The van der Waals surface area contributed by atoms with Crippen LogP contribution in [0, 0.1) is 0 Å². The third-order valence-corrected chi connectivity index (χ3v) is 1.65. The second-order valence-electron chi connectivity index (χ2n) is 3.73. The molecular weight excluding hydrogens is 122 g/mol. The number of rotatable bonds is 0. The van der Waals surface area contributed by atoms with E-state index in [2.05, 4.69) is 38.8 Å². The summed E-state index contributed by atoms with van der Waals surface area (Å²) in [4.78, 5) is 4.51. The molecule has 0 spiro atoms. The molecule has 1 nitrogen and oxygen atoms in total. The number of hydrogen-bond donors (Lipinski definition) is 0. The monoisotopic (exact) mass is 137 g/mol. The smallest absolute Gasteiger partial charge is 0.0592 e. The molecule has 10 heavy (non-hydrogen) atoms. The van der Waals surface area contributed by atoms with Gasteiger partial charge < -0.3 is 0 Å². The summed E-state index contributed by atoms with van der Waals surface area (Å²) in [6, 6.07) is 0. The minimum atomic E-state index is 0.142. The summed E-state index contributed by atoms with van der Waals surface area (Å²) >= 11 is 0. The minimum absolute atomic E-state index is 0.142. The van der Waals surface area contributed by atoms with Gasteiger partial charge in [0.25, 0.3) is 0 Å². The van der Waals surface area contributed by atoms with Crippen LogP contribution in [0.5, 0.6) is 0 Å². The lowest BCUT2D eigenvalue weighted by Crippen LogP contribution is -2.21. The van der Waals surface area contributed by atoms with Crippen molar-refractivity contribution >= 4 is 5.71 Å². The maximum absolute atomic E-state index is 4.51. The zero-order chi connectivity index (χ0) is 7.78. The average Bonchev–Trinajstić information content (AvgIpc) is 1.54. The highest BCUT2D eigenvalue weighted by Gasteiger charge is 2.19. The maximum atomic E-state index is 4.51. The first kappa shape index (κ1) is 7.52. The molecule has 0 saturated carbocycles. The van der Waals surface area contributed by atoms with E-state index in [4.69, 9.17) is 0 Å². The Morgan fingerprint density at radius 2 is 2.00 bits per heavy atom. The molecule has 0 bridgehead atoms. The van der Waals surface area contributed by atoms with Gasteiger partial charge in [-0.3, -0.25) is 4.99 Å². The molecule has 0 amide bonds. The Bertz CT molecular complexity index is 197. The molecule has 1 aliphatic rings. The average molecular weight is 137 g/mol. The molecule has 0 aliphatic carbocycles. The van der Waals surface area contributed by atoms with Gasteiger partial charge in [-0.15, -0.1) is 0 Å².